The van der Waals surface area contributed by atoms with Crippen LogP contribution >= 0.6 is 0 Å². The summed E-state index contributed by atoms with van der Waals surface area (Å²) >= 11 is 0. The molecule has 0 saturated carbocycles. The van der Waals surface area contributed by atoms with Gasteiger partial charge in [-0.15, -0.1) is 0 Å². The minimum absolute atomic E-state index is 0.0872. The summed E-state index contributed by atoms with van der Waals surface area (Å²) in [4.78, 5) is 13.3. The van der Waals surface area contributed by atoms with Crippen molar-refractivity contribution in [3.8, 4) is 23.0 Å². The van der Waals surface area contributed by atoms with E-state index in [1.54, 1.807) is 12.1 Å². The summed E-state index contributed by atoms with van der Waals surface area (Å²) in [6.07, 6.45) is 0. The molecule has 1 atom stereocenters. The van der Waals surface area contributed by atoms with Crippen LogP contribution in [-0.4, -0.2) is 49.3 Å². The number of aryl methyl sites for hydroxylation is 3. The number of anilines is 1. The number of hydrogen-bond acceptors (Lipinski definition) is 7. The molecule has 10 heteroatoms. The molecule has 0 spiro atoms. The number of carbonyl (C=O) groups is 1. The number of rotatable bonds is 11. The first-order valence-corrected chi connectivity index (χ1v) is 13.7. The Morgan fingerprint density at radius 2 is 1.41 bits per heavy atom. The fraction of sp³-hybridized carbons (Fsp3) is 0.345. The van der Waals surface area contributed by atoms with Crippen molar-refractivity contribution >= 4 is 21.6 Å². The summed E-state index contributed by atoms with van der Waals surface area (Å²) in [5.74, 6) is 0.773. The van der Waals surface area contributed by atoms with Crippen molar-refractivity contribution in [2.24, 2.45) is 0 Å². The standard InChI is InChI=1S/C29H36N2O7S/c1-18-13-20(3)24(14-19(18)2)21(4)30-29(32)17-31(25-15-22(35-5)9-11-26(25)36-6)39(33,34)23-10-12-27(37-7)28(16-23)38-8/h9-16,21H,17H2,1-8H3,(H,30,32). The second kappa shape index (κ2) is 12.3. The second-order valence-electron chi connectivity index (χ2n) is 9.15. The number of nitrogens with one attached hydrogen (secondary N) is 1. The van der Waals surface area contributed by atoms with Gasteiger partial charge in [0.15, 0.2) is 11.5 Å². The molecule has 0 aliphatic rings. The van der Waals surface area contributed by atoms with Gasteiger partial charge in [0.25, 0.3) is 10.0 Å². The average molecular weight is 557 g/mol. The van der Waals surface area contributed by atoms with Crippen molar-refractivity contribution in [3.63, 3.8) is 0 Å². The minimum Gasteiger partial charge on any atom is -0.497 e. The van der Waals surface area contributed by atoms with Crippen molar-refractivity contribution in [2.45, 2.75) is 38.6 Å². The van der Waals surface area contributed by atoms with Crippen molar-refractivity contribution in [1.29, 1.82) is 0 Å². The highest BCUT2D eigenvalue weighted by atomic mass is 32.2. The number of benzene rings is 3. The molecule has 0 aliphatic carbocycles. The summed E-state index contributed by atoms with van der Waals surface area (Å²) in [5.41, 5.74) is 4.41. The number of ether oxygens (including phenoxy) is 4. The molecule has 1 unspecified atom stereocenters. The van der Waals surface area contributed by atoms with Crippen molar-refractivity contribution in [1.82, 2.24) is 5.32 Å². The van der Waals surface area contributed by atoms with Gasteiger partial charge in [0.1, 0.15) is 18.0 Å². The smallest absolute Gasteiger partial charge is 0.265 e. The van der Waals surface area contributed by atoms with Crippen LogP contribution in [0.5, 0.6) is 23.0 Å². The summed E-state index contributed by atoms with van der Waals surface area (Å²) < 4.78 is 50.5. The predicted octanol–water partition coefficient (Wildman–Crippen LogP) is 4.72. The van der Waals surface area contributed by atoms with Gasteiger partial charge in [-0.25, -0.2) is 8.42 Å². The molecule has 0 aliphatic heterocycles. The van der Waals surface area contributed by atoms with E-state index in [0.29, 0.717) is 11.5 Å². The lowest BCUT2D eigenvalue weighted by Gasteiger charge is -2.27. The number of nitrogens with zero attached hydrogens (tertiary/aromatic N) is 1. The molecule has 210 valence electrons. The van der Waals surface area contributed by atoms with Crippen LogP contribution in [0.4, 0.5) is 5.69 Å². The van der Waals surface area contributed by atoms with Crippen molar-refractivity contribution < 1.29 is 32.2 Å². The first-order valence-electron chi connectivity index (χ1n) is 12.3. The van der Waals surface area contributed by atoms with Gasteiger partial charge in [0.05, 0.1) is 45.1 Å². The van der Waals surface area contributed by atoms with Crippen molar-refractivity contribution in [3.05, 3.63) is 70.8 Å². The summed E-state index contributed by atoms with van der Waals surface area (Å²) in [6, 6.07) is 12.8. The van der Waals surface area contributed by atoms with Crippen molar-refractivity contribution in [2.75, 3.05) is 39.3 Å². The molecule has 0 saturated heterocycles. The third kappa shape index (κ3) is 6.39. The molecular formula is C29H36N2O7S. The molecule has 3 aromatic carbocycles. The van der Waals surface area contributed by atoms with Crippen LogP contribution in [0.1, 0.15) is 35.2 Å². The number of amides is 1. The Balaban J connectivity index is 2.06. The van der Waals surface area contributed by atoms with Crippen LogP contribution in [0.2, 0.25) is 0 Å². The lowest BCUT2D eigenvalue weighted by atomic mass is 9.96. The van der Waals surface area contributed by atoms with Crippen LogP contribution in [0.3, 0.4) is 0 Å². The van der Waals surface area contributed by atoms with Gasteiger partial charge in [-0.05, 0) is 74.2 Å². The maximum absolute atomic E-state index is 14.0. The van der Waals surface area contributed by atoms with E-state index in [4.69, 9.17) is 18.9 Å². The summed E-state index contributed by atoms with van der Waals surface area (Å²) in [5, 5.41) is 2.95. The largest absolute Gasteiger partial charge is 0.497 e. The van der Waals surface area contributed by atoms with E-state index in [-0.39, 0.29) is 28.1 Å². The number of sulfonamides is 1. The molecule has 3 rings (SSSR count). The zero-order chi connectivity index (χ0) is 28.9. The van der Waals surface area contributed by atoms with Gasteiger partial charge in [-0.3, -0.25) is 9.10 Å². The topological polar surface area (TPSA) is 103 Å². The molecule has 3 aromatic rings. The quantitative estimate of drug-likeness (QED) is 0.365. The first kappa shape index (κ1) is 29.6. The van der Waals surface area contributed by atoms with Gasteiger partial charge in [0.2, 0.25) is 5.91 Å². The minimum atomic E-state index is -4.28. The number of hydrogen-bond donors (Lipinski definition) is 1. The molecule has 0 radical (unpaired) electrons. The van der Waals surface area contributed by atoms with E-state index in [0.717, 1.165) is 26.6 Å². The van der Waals surface area contributed by atoms with Crippen LogP contribution in [0, 0.1) is 20.8 Å². The molecule has 39 heavy (non-hydrogen) atoms. The monoisotopic (exact) mass is 556 g/mol. The van der Waals surface area contributed by atoms with E-state index in [1.807, 2.05) is 33.8 Å². The maximum Gasteiger partial charge on any atom is 0.265 e. The zero-order valence-electron chi connectivity index (χ0n) is 23.6. The Morgan fingerprint density at radius 3 is 2.03 bits per heavy atom. The highest BCUT2D eigenvalue weighted by Gasteiger charge is 2.31. The van der Waals surface area contributed by atoms with E-state index >= 15 is 0 Å². The van der Waals surface area contributed by atoms with Gasteiger partial charge >= 0.3 is 0 Å². The average Bonchev–Trinajstić information content (AvgIpc) is 2.92. The Labute approximate surface area is 230 Å². The fourth-order valence-corrected chi connectivity index (χ4v) is 5.78. The van der Waals surface area contributed by atoms with E-state index in [2.05, 4.69) is 11.4 Å². The van der Waals surface area contributed by atoms with Crippen LogP contribution in [-0.2, 0) is 14.8 Å². The molecule has 1 amide bonds. The normalized spacial score (nSPS) is 11.9. The number of methoxy groups -OCH3 is 4. The molecule has 9 nitrogen and oxygen atoms in total. The molecular weight excluding hydrogens is 520 g/mol. The zero-order valence-corrected chi connectivity index (χ0v) is 24.4. The number of carbonyl (C=O) groups excluding carboxylic acids is 1. The second-order valence-corrected chi connectivity index (χ2v) is 11.0. The Hall–Kier alpha value is -3.92. The van der Waals surface area contributed by atoms with Gasteiger partial charge < -0.3 is 24.3 Å². The highest BCUT2D eigenvalue weighted by molar-refractivity contribution is 7.92. The molecule has 0 aromatic heterocycles. The summed E-state index contributed by atoms with van der Waals surface area (Å²) in [6.45, 7) is 7.40. The lowest BCUT2D eigenvalue weighted by Crippen LogP contribution is -2.42. The molecule has 1 N–H and O–H groups in total. The molecule has 0 bridgehead atoms. The fourth-order valence-electron chi connectivity index (χ4n) is 4.34. The van der Waals surface area contributed by atoms with E-state index < -0.39 is 22.5 Å². The van der Waals surface area contributed by atoms with Crippen LogP contribution in [0.25, 0.3) is 0 Å². The Morgan fingerprint density at radius 1 is 0.795 bits per heavy atom. The first-order chi connectivity index (χ1) is 18.5. The lowest BCUT2D eigenvalue weighted by molar-refractivity contribution is -0.120. The third-order valence-corrected chi connectivity index (χ3v) is 8.37. The SMILES string of the molecule is COc1ccc(OC)c(N(CC(=O)NC(C)c2cc(C)c(C)cc2C)S(=O)(=O)c2ccc(OC)c(OC)c2)c1. The third-order valence-electron chi connectivity index (χ3n) is 6.61. The Kier molecular flexibility index (Phi) is 9.34. The van der Waals surface area contributed by atoms with Gasteiger partial charge in [-0.2, -0.15) is 0 Å². The van der Waals surface area contributed by atoms with Crippen LogP contribution in [0.15, 0.2) is 53.4 Å². The molecule has 0 fully saturated rings. The summed E-state index contributed by atoms with van der Waals surface area (Å²) in [7, 11) is 1.49. The van der Waals surface area contributed by atoms with Gasteiger partial charge in [0, 0.05) is 12.1 Å². The Bertz CT molecular complexity index is 1450. The van der Waals surface area contributed by atoms with E-state index in [1.165, 1.54) is 52.7 Å². The van der Waals surface area contributed by atoms with Gasteiger partial charge in [-0.1, -0.05) is 12.1 Å². The molecule has 0 heterocycles. The predicted molar refractivity (Wildman–Crippen MR) is 151 cm³/mol. The van der Waals surface area contributed by atoms with E-state index in [9.17, 15) is 13.2 Å². The highest BCUT2D eigenvalue weighted by Crippen LogP contribution is 2.37. The van der Waals surface area contributed by atoms with Crippen LogP contribution < -0.4 is 28.6 Å². The maximum atomic E-state index is 14.0.